The van der Waals surface area contributed by atoms with Crippen LogP contribution in [0.4, 0.5) is 0 Å². The Hall–Kier alpha value is -0.240. The first-order valence-corrected chi connectivity index (χ1v) is 7.66. The number of hydrogen-bond acceptors (Lipinski definition) is 3. The van der Waals surface area contributed by atoms with Crippen LogP contribution in [0, 0.1) is 0 Å². The second kappa shape index (κ2) is 5.81. The van der Waals surface area contributed by atoms with Crippen molar-refractivity contribution < 1.29 is 5.11 Å². The molecule has 0 saturated heterocycles. The van der Waals surface area contributed by atoms with Crippen molar-refractivity contribution in [3.63, 3.8) is 0 Å². The van der Waals surface area contributed by atoms with Crippen LogP contribution in [0.1, 0.15) is 25.1 Å². The van der Waals surface area contributed by atoms with Gasteiger partial charge in [0.15, 0.2) is 0 Å². The SMILES string of the molecule is CCC(O)c1cn(-c2c(Br)cc(Br)cc2Br)nn1. The second-order valence-electron chi connectivity index (χ2n) is 3.73. The van der Waals surface area contributed by atoms with E-state index in [0.717, 1.165) is 19.1 Å². The zero-order chi connectivity index (χ0) is 13.3. The average molecular weight is 440 g/mol. The molecule has 1 N–H and O–H groups in total. The van der Waals surface area contributed by atoms with Crippen molar-refractivity contribution in [1.82, 2.24) is 15.0 Å². The first kappa shape index (κ1) is 14.2. The standard InChI is InChI=1S/C11H10Br3N3O/c1-2-10(18)9-5-17(16-15-9)11-7(13)3-6(12)4-8(11)14/h3-5,10,18H,2H2,1H3. The highest BCUT2D eigenvalue weighted by molar-refractivity contribution is 9.11. The summed E-state index contributed by atoms with van der Waals surface area (Å²) in [5, 5.41) is 17.7. The van der Waals surface area contributed by atoms with Gasteiger partial charge >= 0.3 is 0 Å². The molecule has 1 aromatic carbocycles. The fourth-order valence-corrected chi connectivity index (χ4v) is 4.12. The molecule has 96 valence electrons. The Morgan fingerprint density at radius 2 is 1.89 bits per heavy atom. The van der Waals surface area contributed by atoms with Crippen LogP contribution in [-0.4, -0.2) is 20.1 Å². The predicted octanol–water partition coefficient (Wildman–Crippen LogP) is 4.00. The lowest BCUT2D eigenvalue weighted by molar-refractivity contribution is 0.169. The van der Waals surface area contributed by atoms with Crippen LogP contribution >= 0.6 is 47.8 Å². The van der Waals surface area contributed by atoms with Crippen LogP contribution in [-0.2, 0) is 0 Å². The van der Waals surface area contributed by atoms with Crippen LogP contribution < -0.4 is 0 Å². The number of rotatable bonds is 3. The van der Waals surface area contributed by atoms with E-state index in [0.29, 0.717) is 12.1 Å². The predicted molar refractivity (Wildman–Crippen MR) is 79.7 cm³/mol. The fraction of sp³-hybridized carbons (Fsp3) is 0.273. The van der Waals surface area contributed by atoms with Gasteiger partial charge in [-0.25, -0.2) is 4.68 Å². The molecule has 7 heteroatoms. The van der Waals surface area contributed by atoms with Gasteiger partial charge in [-0.3, -0.25) is 0 Å². The van der Waals surface area contributed by atoms with Crippen molar-refractivity contribution in [2.45, 2.75) is 19.4 Å². The summed E-state index contributed by atoms with van der Waals surface area (Å²) in [6.45, 7) is 1.90. The molecule has 0 amide bonds. The molecule has 0 spiro atoms. The maximum absolute atomic E-state index is 9.73. The van der Waals surface area contributed by atoms with E-state index in [1.807, 2.05) is 19.1 Å². The topological polar surface area (TPSA) is 50.9 Å². The molecule has 0 fully saturated rings. The number of aromatic nitrogens is 3. The Labute approximate surface area is 130 Å². The quantitative estimate of drug-likeness (QED) is 0.786. The van der Waals surface area contributed by atoms with Gasteiger partial charge in [-0.05, 0) is 50.4 Å². The molecule has 1 unspecified atom stereocenters. The largest absolute Gasteiger partial charge is 0.387 e. The van der Waals surface area contributed by atoms with Crippen LogP contribution in [0.3, 0.4) is 0 Å². The summed E-state index contributed by atoms with van der Waals surface area (Å²) >= 11 is 10.4. The van der Waals surface area contributed by atoms with Crippen molar-refractivity contribution in [1.29, 1.82) is 0 Å². The van der Waals surface area contributed by atoms with Crippen LogP contribution in [0.25, 0.3) is 5.69 Å². The van der Waals surface area contributed by atoms with Crippen molar-refractivity contribution in [3.8, 4) is 5.69 Å². The smallest absolute Gasteiger partial charge is 0.112 e. The van der Waals surface area contributed by atoms with Gasteiger partial charge in [-0.15, -0.1) is 5.10 Å². The van der Waals surface area contributed by atoms with E-state index in [-0.39, 0.29) is 0 Å². The Morgan fingerprint density at radius 1 is 1.28 bits per heavy atom. The number of nitrogens with zero attached hydrogens (tertiary/aromatic N) is 3. The summed E-state index contributed by atoms with van der Waals surface area (Å²) in [6, 6.07) is 3.86. The number of aliphatic hydroxyl groups excluding tert-OH is 1. The van der Waals surface area contributed by atoms with Crippen molar-refractivity contribution in [3.05, 3.63) is 37.4 Å². The third-order valence-electron chi connectivity index (χ3n) is 2.45. The Balaban J connectivity index is 2.46. The summed E-state index contributed by atoms with van der Waals surface area (Å²) in [5.74, 6) is 0. The van der Waals surface area contributed by atoms with Gasteiger partial charge in [0.25, 0.3) is 0 Å². The lowest BCUT2D eigenvalue weighted by Crippen LogP contribution is -1.98. The molecule has 2 aromatic rings. The fourth-order valence-electron chi connectivity index (χ4n) is 1.50. The molecule has 0 saturated carbocycles. The average Bonchev–Trinajstić information content (AvgIpc) is 2.76. The number of halogens is 3. The Kier molecular flexibility index (Phi) is 4.58. The summed E-state index contributed by atoms with van der Waals surface area (Å²) in [7, 11) is 0. The zero-order valence-corrected chi connectivity index (χ0v) is 14.2. The molecule has 1 atom stereocenters. The molecule has 1 aromatic heterocycles. The Bertz CT molecular complexity index is 547. The molecule has 18 heavy (non-hydrogen) atoms. The lowest BCUT2D eigenvalue weighted by Gasteiger charge is -2.07. The van der Waals surface area contributed by atoms with Crippen LogP contribution in [0.2, 0.25) is 0 Å². The third kappa shape index (κ3) is 2.84. The number of aliphatic hydroxyl groups is 1. The minimum absolute atomic E-state index is 0.569. The van der Waals surface area contributed by atoms with E-state index in [1.165, 1.54) is 0 Å². The minimum Gasteiger partial charge on any atom is -0.387 e. The van der Waals surface area contributed by atoms with Gasteiger partial charge in [0.1, 0.15) is 5.69 Å². The molecule has 1 heterocycles. The highest BCUT2D eigenvalue weighted by Crippen LogP contribution is 2.32. The van der Waals surface area contributed by atoms with Gasteiger partial charge in [-0.1, -0.05) is 28.1 Å². The first-order chi connectivity index (χ1) is 8.52. The third-order valence-corrected chi connectivity index (χ3v) is 4.12. The summed E-state index contributed by atoms with van der Waals surface area (Å²) in [4.78, 5) is 0. The Morgan fingerprint density at radius 3 is 2.44 bits per heavy atom. The van der Waals surface area contributed by atoms with Crippen molar-refractivity contribution in [2.24, 2.45) is 0 Å². The molecule has 0 aliphatic rings. The molecule has 0 bridgehead atoms. The van der Waals surface area contributed by atoms with E-state index in [4.69, 9.17) is 0 Å². The van der Waals surface area contributed by atoms with E-state index in [1.54, 1.807) is 10.9 Å². The highest BCUT2D eigenvalue weighted by Gasteiger charge is 2.14. The van der Waals surface area contributed by atoms with Gasteiger partial charge < -0.3 is 5.11 Å². The minimum atomic E-state index is -0.577. The maximum Gasteiger partial charge on any atom is 0.112 e. The lowest BCUT2D eigenvalue weighted by atomic mass is 10.2. The highest BCUT2D eigenvalue weighted by atomic mass is 79.9. The molecular formula is C11H10Br3N3O. The van der Waals surface area contributed by atoms with E-state index < -0.39 is 6.10 Å². The number of benzene rings is 1. The molecule has 4 nitrogen and oxygen atoms in total. The van der Waals surface area contributed by atoms with Gasteiger partial charge in [0.2, 0.25) is 0 Å². The van der Waals surface area contributed by atoms with Gasteiger partial charge in [-0.2, -0.15) is 0 Å². The molecule has 2 rings (SSSR count). The summed E-state index contributed by atoms with van der Waals surface area (Å²) < 4.78 is 4.35. The second-order valence-corrected chi connectivity index (χ2v) is 6.35. The van der Waals surface area contributed by atoms with Crippen molar-refractivity contribution in [2.75, 3.05) is 0 Å². The molecule has 0 radical (unpaired) electrons. The molecule has 0 aliphatic heterocycles. The van der Waals surface area contributed by atoms with E-state index >= 15 is 0 Å². The van der Waals surface area contributed by atoms with Gasteiger partial charge in [0, 0.05) is 13.4 Å². The monoisotopic (exact) mass is 437 g/mol. The summed E-state index contributed by atoms with van der Waals surface area (Å²) in [5.41, 5.74) is 1.42. The van der Waals surface area contributed by atoms with Crippen molar-refractivity contribution >= 4 is 47.8 Å². The zero-order valence-electron chi connectivity index (χ0n) is 9.44. The maximum atomic E-state index is 9.73. The molecule has 0 aliphatic carbocycles. The summed E-state index contributed by atoms with van der Waals surface area (Å²) in [6.07, 6.45) is 1.76. The van der Waals surface area contributed by atoms with Gasteiger partial charge in [0.05, 0.1) is 18.0 Å². The van der Waals surface area contributed by atoms with E-state index in [2.05, 4.69) is 58.1 Å². The van der Waals surface area contributed by atoms with Crippen LogP contribution in [0.15, 0.2) is 31.7 Å². The number of hydrogen-bond donors (Lipinski definition) is 1. The first-order valence-electron chi connectivity index (χ1n) is 5.28. The van der Waals surface area contributed by atoms with Crippen LogP contribution in [0.5, 0.6) is 0 Å². The normalized spacial score (nSPS) is 12.7. The molecular weight excluding hydrogens is 430 g/mol. The van der Waals surface area contributed by atoms with E-state index in [9.17, 15) is 5.11 Å².